The van der Waals surface area contributed by atoms with Crippen molar-refractivity contribution in [3.63, 3.8) is 0 Å². The molecule has 4 rings (SSSR count). The fraction of sp³-hybridized carbons (Fsp3) is 0.348. The number of carbonyl (C=O) groups is 3. The first-order chi connectivity index (χ1) is 14.5. The minimum absolute atomic E-state index is 0.00575. The number of fused-ring (bicyclic) bond motifs is 1. The molecule has 2 heterocycles. The molecule has 2 aliphatic heterocycles. The summed E-state index contributed by atoms with van der Waals surface area (Å²) in [6.45, 7) is 1.36. The van der Waals surface area contributed by atoms with Crippen LogP contribution in [0, 0.1) is 5.82 Å². The van der Waals surface area contributed by atoms with Gasteiger partial charge in [0, 0.05) is 25.2 Å². The molecule has 2 fully saturated rings. The molecule has 2 aliphatic rings. The predicted molar refractivity (Wildman–Crippen MR) is 109 cm³/mol. The lowest BCUT2D eigenvalue weighted by Gasteiger charge is -2.42. The number of rotatable bonds is 5. The minimum atomic E-state index is -0.340. The van der Waals surface area contributed by atoms with Crippen molar-refractivity contribution in [2.24, 2.45) is 0 Å². The van der Waals surface area contributed by atoms with Crippen LogP contribution in [0.5, 0.6) is 0 Å². The van der Waals surface area contributed by atoms with Gasteiger partial charge in [-0.05, 0) is 54.7 Å². The Morgan fingerprint density at radius 1 is 1.07 bits per heavy atom. The van der Waals surface area contributed by atoms with Gasteiger partial charge < -0.3 is 15.1 Å². The molecule has 1 atom stereocenters. The molecule has 2 aromatic carbocycles. The van der Waals surface area contributed by atoms with Gasteiger partial charge in [0.2, 0.25) is 11.8 Å². The van der Waals surface area contributed by atoms with Crippen LogP contribution in [0.3, 0.4) is 0 Å². The van der Waals surface area contributed by atoms with Crippen LogP contribution in [0.25, 0.3) is 0 Å². The maximum absolute atomic E-state index is 13.2. The average molecular weight is 409 g/mol. The molecular weight excluding hydrogens is 385 g/mol. The van der Waals surface area contributed by atoms with Crippen molar-refractivity contribution >= 4 is 17.7 Å². The quantitative estimate of drug-likeness (QED) is 0.825. The van der Waals surface area contributed by atoms with Crippen LogP contribution in [0.4, 0.5) is 4.39 Å². The second-order valence-corrected chi connectivity index (χ2v) is 7.80. The molecule has 0 bridgehead atoms. The largest absolute Gasteiger partial charge is 0.348 e. The summed E-state index contributed by atoms with van der Waals surface area (Å²) in [7, 11) is 0. The van der Waals surface area contributed by atoms with Gasteiger partial charge in [0.05, 0.1) is 0 Å². The number of nitrogens with zero attached hydrogens (tertiary/aromatic N) is 2. The van der Waals surface area contributed by atoms with Crippen molar-refractivity contribution in [1.29, 1.82) is 0 Å². The highest BCUT2D eigenvalue weighted by Gasteiger charge is 2.40. The highest BCUT2D eigenvalue weighted by molar-refractivity contribution is 5.95. The highest BCUT2D eigenvalue weighted by atomic mass is 19.1. The van der Waals surface area contributed by atoms with Crippen LogP contribution in [-0.4, -0.2) is 46.7 Å². The van der Waals surface area contributed by atoms with Gasteiger partial charge in [-0.2, -0.15) is 0 Å². The first kappa shape index (κ1) is 20.1. The third-order valence-corrected chi connectivity index (χ3v) is 5.68. The van der Waals surface area contributed by atoms with Gasteiger partial charge in [0.15, 0.2) is 0 Å². The summed E-state index contributed by atoms with van der Waals surface area (Å²) in [6.07, 6.45) is 2.65. The van der Waals surface area contributed by atoms with Crippen LogP contribution < -0.4 is 5.32 Å². The van der Waals surface area contributed by atoms with E-state index in [2.05, 4.69) is 5.32 Å². The third-order valence-electron chi connectivity index (χ3n) is 5.68. The molecule has 0 aliphatic carbocycles. The smallest absolute Gasteiger partial charge is 0.251 e. The van der Waals surface area contributed by atoms with Crippen molar-refractivity contribution < 1.29 is 18.8 Å². The first-order valence-corrected chi connectivity index (χ1v) is 10.2. The zero-order valence-corrected chi connectivity index (χ0v) is 16.6. The summed E-state index contributed by atoms with van der Waals surface area (Å²) in [5.74, 6) is -0.583. The zero-order chi connectivity index (χ0) is 21.1. The Balaban J connectivity index is 1.35. The van der Waals surface area contributed by atoms with Crippen LogP contribution in [0.1, 0.15) is 40.7 Å². The Bertz CT molecular complexity index is 960. The van der Waals surface area contributed by atoms with E-state index < -0.39 is 0 Å². The standard InChI is InChI=1S/C23H24FN3O3/c24-19-5-3-4-17(12-19)13-25-22(29)18-9-7-16(8-10-18)14-26-15-21(28)27-11-2-1-6-20(27)23(26)30/h3-5,7-10,12,20H,1-2,6,11,13-15H2,(H,25,29)/t20-/m1/s1. The molecule has 7 heteroatoms. The van der Waals surface area contributed by atoms with E-state index in [4.69, 9.17) is 0 Å². The van der Waals surface area contributed by atoms with E-state index in [9.17, 15) is 18.8 Å². The monoisotopic (exact) mass is 409 g/mol. The molecule has 0 saturated carbocycles. The lowest BCUT2D eigenvalue weighted by molar-refractivity contribution is -0.158. The first-order valence-electron chi connectivity index (χ1n) is 10.2. The molecule has 1 N–H and O–H groups in total. The topological polar surface area (TPSA) is 69.7 Å². The molecule has 156 valence electrons. The number of nitrogens with one attached hydrogen (secondary N) is 1. The molecule has 0 radical (unpaired) electrons. The number of hydrogen-bond acceptors (Lipinski definition) is 3. The van der Waals surface area contributed by atoms with Crippen LogP contribution in [0.2, 0.25) is 0 Å². The van der Waals surface area contributed by atoms with E-state index in [1.165, 1.54) is 12.1 Å². The van der Waals surface area contributed by atoms with Gasteiger partial charge in [0.25, 0.3) is 5.91 Å². The summed E-state index contributed by atoms with van der Waals surface area (Å²) >= 11 is 0. The molecule has 2 aromatic rings. The minimum Gasteiger partial charge on any atom is -0.348 e. The summed E-state index contributed by atoms with van der Waals surface area (Å²) in [6, 6.07) is 12.7. The summed E-state index contributed by atoms with van der Waals surface area (Å²) in [4.78, 5) is 40.8. The third kappa shape index (κ3) is 4.35. The Morgan fingerprint density at radius 2 is 1.87 bits per heavy atom. The van der Waals surface area contributed by atoms with E-state index in [-0.39, 0.29) is 42.7 Å². The van der Waals surface area contributed by atoms with Gasteiger partial charge in [-0.3, -0.25) is 14.4 Å². The second-order valence-electron chi connectivity index (χ2n) is 7.80. The fourth-order valence-electron chi connectivity index (χ4n) is 4.08. The molecule has 6 nitrogen and oxygen atoms in total. The Labute approximate surface area is 174 Å². The van der Waals surface area contributed by atoms with E-state index >= 15 is 0 Å². The summed E-state index contributed by atoms with van der Waals surface area (Å²) < 4.78 is 13.2. The average Bonchev–Trinajstić information content (AvgIpc) is 2.76. The van der Waals surface area contributed by atoms with Crippen molar-refractivity contribution in [2.75, 3.05) is 13.1 Å². The summed E-state index contributed by atoms with van der Waals surface area (Å²) in [5.41, 5.74) is 2.03. The van der Waals surface area contributed by atoms with E-state index in [1.807, 2.05) is 0 Å². The normalized spacial score (nSPS) is 18.9. The van der Waals surface area contributed by atoms with Crippen molar-refractivity contribution in [1.82, 2.24) is 15.1 Å². The molecule has 2 saturated heterocycles. The predicted octanol–water partition coefficient (Wildman–Crippen LogP) is 2.48. The lowest BCUT2D eigenvalue weighted by atomic mass is 9.98. The van der Waals surface area contributed by atoms with Gasteiger partial charge in [0.1, 0.15) is 18.4 Å². The zero-order valence-electron chi connectivity index (χ0n) is 16.6. The van der Waals surface area contributed by atoms with E-state index in [1.54, 1.807) is 46.2 Å². The van der Waals surface area contributed by atoms with E-state index in [0.29, 0.717) is 24.2 Å². The molecule has 0 unspecified atom stereocenters. The van der Waals surface area contributed by atoms with Gasteiger partial charge in [-0.1, -0.05) is 24.3 Å². The fourth-order valence-corrected chi connectivity index (χ4v) is 4.08. The number of halogens is 1. The van der Waals surface area contributed by atoms with Crippen molar-refractivity contribution in [2.45, 2.75) is 38.4 Å². The molecule has 3 amide bonds. The number of carbonyl (C=O) groups excluding carboxylic acids is 3. The van der Waals surface area contributed by atoms with Crippen LogP contribution in [0.15, 0.2) is 48.5 Å². The lowest BCUT2D eigenvalue weighted by Crippen LogP contribution is -2.60. The van der Waals surface area contributed by atoms with Gasteiger partial charge in [-0.25, -0.2) is 4.39 Å². The Kier molecular flexibility index (Phi) is 5.79. The Hall–Kier alpha value is -3.22. The number of piperidine rings is 1. The molecule has 0 aromatic heterocycles. The van der Waals surface area contributed by atoms with Crippen molar-refractivity contribution in [3.05, 3.63) is 71.0 Å². The van der Waals surface area contributed by atoms with Crippen LogP contribution in [-0.2, 0) is 22.7 Å². The highest BCUT2D eigenvalue weighted by Crippen LogP contribution is 2.24. The van der Waals surface area contributed by atoms with Crippen molar-refractivity contribution in [3.8, 4) is 0 Å². The van der Waals surface area contributed by atoms with Crippen LogP contribution >= 0.6 is 0 Å². The second kappa shape index (κ2) is 8.65. The molecule has 30 heavy (non-hydrogen) atoms. The van der Waals surface area contributed by atoms with E-state index in [0.717, 1.165) is 24.8 Å². The van der Waals surface area contributed by atoms with Gasteiger partial charge in [-0.15, -0.1) is 0 Å². The summed E-state index contributed by atoms with van der Waals surface area (Å²) in [5, 5.41) is 2.77. The number of piperazine rings is 1. The molecule has 0 spiro atoms. The van der Waals surface area contributed by atoms with Gasteiger partial charge >= 0.3 is 0 Å². The Morgan fingerprint density at radius 3 is 2.63 bits per heavy atom. The number of amides is 3. The maximum atomic E-state index is 13.2. The number of hydrogen-bond donors (Lipinski definition) is 1. The molecular formula is C23H24FN3O3. The maximum Gasteiger partial charge on any atom is 0.251 e. The SMILES string of the molecule is O=C(NCc1cccc(F)c1)c1ccc(CN2CC(=O)N3CCCC[C@@H]3C2=O)cc1. The number of benzene rings is 2.